The monoisotopic (exact) mass is 385 g/mol. The molecule has 1 rings (SSSR count). The van der Waals surface area contributed by atoms with E-state index in [2.05, 4.69) is 10.3 Å². The van der Waals surface area contributed by atoms with Gasteiger partial charge in [0.1, 0.15) is 12.3 Å². The average molecular weight is 385 g/mol. The van der Waals surface area contributed by atoms with E-state index in [4.69, 9.17) is 19.9 Å². The maximum absolute atomic E-state index is 13.0. The van der Waals surface area contributed by atoms with E-state index >= 15 is 0 Å². The Morgan fingerprint density at radius 1 is 1.31 bits per heavy atom. The Labute approximate surface area is 152 Å². The Morgan fingerprint density at radius 3 is 2.62 bits per heavy atom. The van der Waals surface area contributed by atoms with Gasteiger partial charge < -0.3 is 25.1 Å². The lowest BCUT2D eigenvalue weighted by molar-refractivity contribution is -0.150. The molecule has 0 radical (unpaired) electrons. The molecule has 7 nitrogen and oxygen atoms in total. The molecule has 4 atom stereocenters. The van der Waals surface area contributed by atoms with Crippen LogP contribution in [0.5, 0.6) is 0 Å². The fourth-order valence-corrected chi connectivity index (χ4v) is 2.67. The molecule has 1 aliphatic rings. The summed E-state index contributed by atoms with van der Waals surface area (Å²) < 4.78 is 54.7. The van der Waals surface area contributed by atoms with Crippen molar-refractivity contribution >= 4 is 5.71 Å². The van der Waals surface area contributed by atoms with Crippen LogP contribution in [0.25, 0.3) is 0 Å². The predicted octanol–water partition coefficient (Wildman–Crippen LogP) is 0.561. The van der Waals surface area contributed by atoms with Gasteiger partial charge in [0.25, 0.3) is 0 Å². The lowest BCUT2D eigenvalue weighted by Gasteiger charge is -2.29. The summed E-state index contributed by atoms with van der Waals surface area (Å²) in [5.41, 5.74) is 5.95. The van der Waals surface area contributed by atoms with Crippen molar-refractivity contribution in [1.82, 2.24) is 5.32 Å². The topological polar surface area (TPSA) is 98.3 Å². The molecule has 4 unspecified atom stereocenters. The summed E-state index contributed by atoms with van der Waals surface area (Å²) in [7, 11) is 3.12. The number of nitrogens with zero attached hydrogens (tertiary/aromatic N) is 1. The Hall–Kier alpha value is -0.780. The third-order valence-electron chi connectivity index (χ3n) is 4.34. The van der Waals surface area contributed by atoms with Crippen molar-refractivity contribution in [1.29, 1.82) is 0 Å². The zero-order chi connectivity index (χ0) is 19.6. The number of aliphatic hydroxyl groups is 1. The minimum Gasteiger partial charge on any atom is -0.382 e. The van der Waals surface area contributed by atoms with Crippen LogP contribution in [0.3, 0.4) is 0 Å². The number of halogens is 3. The molecule has 4 N–H and O–H groups in total. The number of nitrogens with two attached hydrogens (primary N) is 1. The number of nitrogens with one attached hydrogen (secondary N) is 1. The minimum atomic E-state index is -4.36. The summed E-state index contributed by atoms with van der Waals surface area (Å²) in [6, 6.07) is -1.69. The first kappa shape index (κ1) is 23.3. The zero-order valence-corrected chi connectivity index (χ0v) is 15.3. The van der Waals surface area contributed by atoms with Gasteiger partial charge >= 0.3 is 6.18 Å². The zero-order valence-electron chi connectivity index (χ0n) is 15.3. The third-order valence-corrected chi connectivity index (χ3v) is 4.34. The second kappa shape index (κ2) is 11.8. The number of hydrogen-bond acceptors (Lipinski definition) is 7. The molecule has 0 saturated carbocycles. The quantitative estimate of drug-likeness (QED) is 0.335. The molecule has 0 fully saturated rings. The number of ether oxygens (including phenoxy) is 3. The van der Waals surface area contributed by atoms with Crippen LogP contribution in [0.15, 0.2) is 4.99 Å². The molecule has 0 bridgehead atoms. The highest BCUT2D eigenvalue weighted by Crippen LogP contribution is 2.32. The van der Waals surface area contributed by atoms with Crippen LogP contribution >= 0.6 is 0 Å². The van der Waals surface area contributed by atoms with Crippen molar-refractivity contribution in [2.45, 2.75) is 31.3 Å². The molecule has 0 aromatic heterocycles. The molecule has 0 aliphatic carbocycles. The van der Waals surface area contributed by atoms with E-state index in [9.17, 15) is 18.3 Å². The van der Waals surface area contributed by atoms with Crippen molar-refractivity contribution in [2.24, 2.45) is 22.6 Å². The number of alkyl halides is 3. The smallest absolute Gasteiger partial charge is 0.382 e. The van der Waals surface area contributed by atoms with Gasteiger partial charge in [0.2, 0.25) is 0 Å². The van der Waals surface area contributed by atoms with Crippen molar-refractivity contribution in [3.63, 3.8) is 0 Å². The van der Waals surface area contributed by atoms with Crippen molar-refractivity contribution in [3.8, 4) is 0 Å². The van der Waals surface area contributed by atoms with Crippen LogP contribution in [0.4, 0.5) is 13.2 Å². The van der Waals surface area contributed by atoms with E-state index < -0.39 is 18.4 Å². The molecule has 0 saturated heterocycles. The van der Waals surface area contributed by atoms with Gasteiger partial charge in [-0.3, -0.25) is 10.3 Å². The maximum Gasteiger partial charge on any atom is 0.410 e. The molecule has 0 aromatic carbocycles. The Kier molecular flexibility index (Phi) is 10.6. The molecule has 0 spiro atoms. The van der Waals surface area contributed by atoms with E-state index in [-0.39, 0.29) is 51.2 Å². The van der Waals surface area contributed by atoms with Gasteiger partial charge in [-0.2, -0.15) is 13.2 Å². The molecule has 26 heavy (non-hydrogen) atoms. The summed E-state index contributed by atoms with van der Waals surface area (Å²) >= 11 is 0. The van der Waals surface area contributed by atoms with Crippen LogP contribution in [-0.4, -0.2) is 83.0 Å². The van der Waals surface area contributed by atoms with Crippen molar-refractivity contribution in [3.05, 3.63) is 0 Å². The van der Waals surface area contributed by atoms with E-state index in [1.54, 1.807) is 7.05 Å². The largest absolute Gasteiger partial charge is 0.410 e. The molecule has 10 heteroatoms. The second-order valence-electron chi connectivity index (χ2n) is 6.26. The first-order chi connectivity index (χ1) is 12.3. The second-order valence-corrected chi connectivity index (χ2v) is 6.26. The van der Waals surface area contributed by atoms with Gasteiger partial charge in [0, 0.05) is 31.2 Å². The van der Waals surface area contributed by atoms with Gasteiger partial charge in [-0.05, 0) is 19.9 Å². The lowest BCUT2D eigenvalue weighted by Crippen LogP contribution is -2.41. The Bertz CT molecular complexity index is 424. The van der Waals surface area contributed by atoms with Gasteiger partial charge in [-0.15, -0.1) is 0 Å². The number of aliphatic hydroxyl groups excluding tert-OH is 1. The van der Waals surface area contributed by atoms with E-state index in [1.807, 2.05) is 0 Å². The van der Waals surface area contributed by atoms with Gasteiger partial charge in [0.15, 0.2) is 0 Å². The summed E-state index contributed by atoms with van der Waals surface area (Å²) in [4.78, 5) is 3.86. The average Bonchev–Trinajstić information content (AvgIpc) is 2.61. The minimum absolute atomic E-state index is 0.0173. The van der Waals surface area contributed by atoms with E-state index in [0.717, 1.165) is 0 Å². The summed E-state index contributed by atoms with van der Waals surface area (Å²) in [5, 5.41) is 12.4. The number of rotatable bonds is 12. The number of methoxy groups -OCH3 is 1. The Morgan fingerprint density at radius 2 is 2.04 bits per heavy atom. The Balaban J connectivity index is 2.62. The van der Waals surface area contributed by atoms with Gasteiger partial charge in [0.05, 0.1) is 33.0 Å². The number of hydrogen-bond donors (Lipinski definition) is 3. The fraction of sp³-hybridized carbons (Fsp3) is 0.938. The fourth-order valence-electron chi connectivity index (χ4n) is 2.67. The highest BCUT2D eigenvalue weighted by atomic mass is 19.4. The SMILES string of the molecule is CNC(O)C(CN)COCC1CCC(C(F)(F)F)N=C1COCCOC. The molecule has 0 amide bonds. The van der Waals surface area contributed by atoms with Crippen LogP contribution in [0.1, 0.15) is 12.8 Å². The molecule has 0 aromatic rings. The first-order valence-corrected chi connectivity index (χ1v) is 8.66. The lowest BCUT2D eigenvalue weighted by atomic mass is 9.92. The number of aliphatic imine (C=N–C) groups is 1. The van der Waals surface area contributed by atoms with Gasteiger partial charge in [-0.1, -0.05) is 0 Å². The first-order valence-electron chi connectivity index (χ1n) is 8.66. The van der Waals surface area contributed by atoms with Crippen LogP contribution < -0.4 is 11.1 Å². The highest BCUT2D eigenvalue weighted by molar-refractivity contribution is 5.88. The molecular weight excluding hydrogens is 355 g/mol. The van der Waals surface area contributed by atoms with E-state index in [1.165, 1.54) is 7.11 Å². The van der Waals surface area contributed by atoms with Crippen LogP contribution in [-0.2, 0) is 14.2 Å². The summed E-state index contributed by atoms with van der Waals surface area (Å²) in [5.74, 6) is -0.550. The van der Waals surface area contributed by atoms with E-state index in [0.29, 0.717) is 18.7 Å². The van der Waals surface area contributed by atoms with Crippen molar-refractivity contribution < 1.29 is 32.5 Å². The molecule has 1 aliphatic heterocycles. The van der Waals surface area contributed by atoms with Crippen molar-refractivity contribution in [2.75, 3.05) is 53.7 Å². The molecular formula is C16H30F3N3O4. The maximum atomic E-state index is 13.0. The highest BCUT2D eigenvalue weighted by Gasteiger charge is 2.42. The molecule has 1 heterocycles. The van der Waals surface area contributed by atoms with Crippen LogP contribution in [0.2, 0.25) is 0 Å². The summed E-state index contributed by atoms with van der Waals surface area (Å²) in [6.07, 6.45) is -4.91. The molecule has 154 valence electrons. The summed E-state index contributed by atoms with van der Waals surface area (Å²) in [6.45, 7) is 1.30. The van der Waals surface area contributed by atoms with Crippen LogP contribution in [0, 0.1) is 11.8 Å². The standard InChI is InChI=1S/C16H30F3N3O4/c1-21-15(23)12(7-20)9-26-8-11-3-4-14(16(17,18)19)22-13(11)10-25-6-5-24-2/h11-12,14-15,21,23H,3-10,20H2,1-2H3. The third kappa shape index (κ3) is 7.85. The normalized spacial score (nSPS) is 23.6. The van der Waals surface area contributed by atoms with Gasteiger partial charge in [-0.25, -0.2) is 0 Å². The predicted molar refractivity (Wildman–Crippen MR) is 91.1 cm³/mol.